The Hall–Kier alpha value is -16.4. The fraction of sp³-hybridized carbons (Fsp3) is 0. The molecule has 4 nitrogen and oxygen atoms in total. The SMILES string of the molecule is c1ccc(-c2cccc(-c3cccc(-n4c5ccccc5c5cc(-c6ccc7c(c6)c6ccccc6n7-c6cccc(-c7ccccc7-c7ccccc7)c6)ccc54)c3)c2)cc1.c1ccc(-c2ccccc2-c2cccc(-n3c4ccccc4c4cc(-c5ccc6c(c5)c5ccccc5n6-c5cccc(-c6ccccc6-c6ccccc6)c5)ccc43)c2)cc1. The largest absolute Gasteiger partial charge is 0.309 e. The van der Waals surface area contributed by atoms with Crippen LogP contribution < -0.4 is 0 Å². The molecule has 24 aromatic rings. The van der Waals surface area contributed by atoms with Crippen LogP contribution in [0, 0.1) is 0 Å². The quantitative estimate of drug-likeness (QED) is 0.103. The third-order valence-corrected chi connectivity index (χ3v) is 25.0. The van der Waals surface area contributed by atoms with E-state index in [1.165, 1.54) is 198 Å². The molecule has 4 heterocycles. The maximum Gasteiger partial charge on any atom is 0.0541 e. The van der Waals surface area contributed by atoms with Gasteiger partial charge in [-0.3, -0.25) is 0 Å². The van der Waals surface area contributed by atoms with Gasteiger partial charge in [-0.2, -0.15) is 0 Å². The van der Waals surface area contributed by atoms with Crippen LogP contribution in [0.1, 0.15) is 0 Å². The van der Waals surface area contributed by atoms with Crippen LogP contribution in [0.3, 0.4) is 0 Å². The molecule has 0 aliphatic heterocycles. The van der Waals surface area contributed by atoms with Gasteiger partial charge < -0.3 is 18.3 Å². The predicted molar refractivity (Wildman–Crippen MR) is 525 cm³/mol. The summed E-state index contributed by atoms with van der Waals surface area (Å²) in [6.45, 7) is 0. The van der Waals surface area contributed by atoms with Gasteiger partial charge in [0.1, 0.15) is 0 Å². The van der Waals surface area contributed by atoms with Gasteiger partial charge >= 0.3 is 0 Å². The zero-order chi connectivity index (χ0) is 82.0. The second-order valence-electron chi connectivity index (χ2n) is 32.2. The van der Waals surface area contributed by atoms with Crippen molar-refractivity contribution in [3.8, 4) is 134 Å². The maximum atomic E-state index is 2.42. The van der Waals surface area contributed by atoms with Crippen molar-refractivity contribution in [1.29, 1.82) is 0 Å². The summed E-state index contributed by atoms with van der Waals surface area (Å²) >= 11 is 0. The highest BCUT2D eigenvalue weighted by Gasteiger charge is 2.22. The molecule has 0 bridgehead atoms. The van der Waals surface area contributed by atoms with Crippen molar-refractivity contribution in [3.05, 3.63) is 485 Å². The van der Waals surface area contributed by atoms with Gasteiger partial charge in [-0.05, 0) is 239 Å². The molecule has 0 radical (unpaired) electrons. The van der Waals surface area contributed by atoms with E-state index in [-0.39, 0.29) is 0 Å². The van der Waals surface area contributed by atoms with Crippen molar-refractivity contribution in [1.82, 2.24) is 18.3 Å². The van der Waals surface area contributed by atoms with Crippen molar-refractivity contribution >= 4 is 87.2 Å². The molecule has 20 aromatic carbocycles. The van der Waals surface area contributed by atoms with Gasteiger partial charge in [0.25, 0.3) is 0 Å². The lowest BCUT2D eigenvalue weighted by Gasteiger charge is -2.14. The molecule has 4 aromatic heterocycles. The molecule has 0 N–H and O–H groups in total. The summed E-state index contributed by atoms with van der Waals surface area (Å²) in [4.78, 5) is 0. The Morgan fingerprint density at radius 1 is 0.0968 bits per heavy atom. The number of hydrogen-bond acceptors (Lipinski definition) is 0. The summed E-state index contributed by atoms with van der Waals surface area (Å²) in [7, 11) is 0. The summed E-state index contributed by atoms with van der Waals surface area (Å²) in [6.07, 6.45) is 0. The second kappa shape index (κ2) is 31.1. The highest BCUT2D eigenvalue weighted by Crippen LogP contribution is 2.45. The lowest BCUT2D eigenvalue weighted by molar-refractivity contribution is 1.18. The molecule has 0 unspecified atom stereocenters. The minimum atomic E-state index is 1.14. The lowest BCUT2D eigenvalue weighted by atomic mass is 9.94. The Balaban J connectivity index is 0.000000143. The van der Waals surface area contributed by atoms with Crippen LogP contribution in [0.4, 0.5) is 0 Å². The Labute approximate surface area is 719 Å². The van der Waals surface area contributed by atoms with Crippen LogP contribution in [0.5, 0.6) is 0 Å². The molecule has 0 saturated heterocycles. The molecule has 0 aliphatic rings. The molecule has 0 atom stereocenters. The fourth-order valence-corrected chi connectivity index (χ4v) is 19.3. The molecule has 0 aliphatic carbocycles. The van der Waals surface area contributed by atoms with E-state index < -0.39 is 0 Å². The number of benzene rings is 20. The van der Waals surface area contributed by atoms with E-state index in [0.717, 1.165) is 22.7 Å². The predicted octanol–water partition coefficient (Wildman–Crippen LogP) is 32.4. The summed E-state index contributed by atoms with van der Waals surface area (Å²) < 4.78 is 9.69. The lowest BCUT2D eigenvalue weighted by Crippen LogP contribution is -1.95. The first-order valence-electron chi connectivity index (χ1n) is 42.7. The number of hydrogen-bond donors (Lipinski definition) is 0. The smallest absolute Gasteiger partial charge is 0.0541 e. The Bertz CT molecular complexity index is 7980. The van der Waals surface area contributed by atoms with E-state index >= 15 is 0 Å². The Morgan fingerprint density at radius 3 is 0.573 bits per heavy atom. The van der Waals surface area contributed by atoms with E-state index in [1.807, 2.05) is 0 Å². The first-order valence-corrected chi connectivity index (χ1v) is 42.7. The normalized spacial score (nSPS) is 11.5. The van der Waals surface area contributed by atoms with Gasteiger partial charge in [0, 0.05) is 65.8 Å². The third kappa shape index (κ3) is 13.0. The minimum absolute atomic E-state index is 1.14. The highest BCUT2D eigenvalue weighted by atomic mass is 15.0. The number of para-hydroxylation sites is 4. The number of fused-ring (bicyclic) bond motifs is 12. The topological polar surface area (TPSA) is 19.7 Å². The van der Waals surface area contributed by atoms with Gasteiger partial charge in [0.15, 0.2) is 0 Å². The van der Waals surface area contributed by atoms with Crippen molar-refractivity contribution in [2.24, 2.45) is 0 Å². The average Bonchev–Trinajstić information content (AvgIpc) is 1.59. The summed E-state index contributed by atoms with van der Waals surface area (Å²) in [5, 5.41) is 9.93. The highest BCUT2D eigenvalue weighted by molar-refractivity contribution is 6.15. The van der Waals surface area contributed by atoms with Gasteiger partial charge in [-0.25, -0.2) is 0 Å². The Morgan fingerprint density at radius 2 is 0.282 bits per heavy atom. The molecule has 0 spiro atoms. The number of nitrogens with zero attached hydrogens (tertiary/aromatic N) is 4. The fourth-order valence-electron chi connectivity index (χ4n) is 19.3. The van der Waals surface area contributed by atoms with Crippen molar-refractivity contribution in [3.63, 3.8) is 0 Å². The summed E-state index contributed by atoms with van der Waals surface area (Å²) in [5.74, 6) is 0. The van der Waals surface area contributed by atoms with E-state index in [0.29, 0.717) is 0 Å². The summed E-state index contributed by atoms with van der Waals surface area (Å²) in [5.41, 5.74) is 38.4. The first-order chi connectivity index (χ1) is 61.5. The summed E-state index contributed by atoms with van der Waals surface area (Å²) in [6, 6.07) is 177. The van der Waals surface area contributed by atoms with Crippen molar-refractivity contribution in [2.75, 3.05) is 0 Å². The monoisotopic (exact) mass is 1580 g/mol. The molecule has 0 saturated carbocycles. The van der Waals surface area contributed by atoms with Crippen LogP contribution >= 0.6 is 0 Å². The zero-order valence-electron chi connectivity index (χ0n) is 68.0. The van der Waals surface area contributed by atoms with Crippen LogP contribution in [0.15, 0.2) is 485 Å². The third-order valence-electron chi connectivity index (χ3n) is 25.0. The van der Waals surface area contributed by atoms with E-state index in [2.05, 4.69) is 504 Å². The van der Waals surface area contributed by atoms with E-state index in [1.54, 1.807) is 0 Å². The van der Waals surface area contributed by atoms with Gasteiger partial charge in [-0.15, -0.1) is 0 Å². The number of aromatic nitrogens is 4. The van der Waals surface area contributed by atoms with Gasteiger partial charge in [0.05, 0.1) is 44.1 Å². The van der Waals surface area contributed by atoms with E-state index in [9.17, 15) is 0 Å². The first kappa shape index (κ1) is 72.8. The molecule has 580 valence electrons. The zero-order valence-corrected chi connectivity index (χ0v) is 68.0. The van der Waals surface area contributed by atoms with Crippen LogP contribution in [-0.2, 0) is 0 Å². The van der Waals surface area contributed by atoms with Crippen LogP contribution in [0.2, 0.25) is 0 Å². The van der Waals surface area contributed by atoms with Crippen LogP contribution in [0.25, 0.3) is 221 Å². The molecule has 4 heteroatoms. The Kier molecular flexibility index (Phi) is 18.2. The van der Waals surface area contributed by atoms with Crippen molar-refractivity contribution in [2.45, 2.75) is 0 Å². The second-order valence-corrected chi connectivity index (χ2v) is 32.2. The average molecular weight is 1580 g/mol. The minimum Gasteiger partial charge on any atom is -0.309 e. The number of rotatable bonds is 14. The maximum absolute atomic E-state index is 2.42. The van der Waals surface area contributed by atoms with Gasteiger partial charge in [-0.1, -0.05) is 358 Å². The molecule has 0 amide bonds. The van der Waals surface area contributed by atoms with Crippen molar-refractivity contribution < 1.29 is 0 Å². The van der Waals surface area contributed by atoms with Gasteiger partial charge in [0.2, 0.25) is 0 Å². The molecule has 124 heavy (non-hydrogen) atoms. The molecular weight excluding hydrogens is 1500 g/mol. The standard InChI is InChI=1S/2C60H40N2/c1-3-17-41(18-4-1)49-25-7-9-27-51(49)45-21-15-23-47(37-45)61-57-31-13-11-29-53(57)55-39-43(33-35-59(55)61)44-34-36-60-56(40-44)54-30-12-14-32-58(54)62(60)48-24-16-22-46(38-48)52-28-10-8-26-50(52)42-19-5-2-6-20-42;1-3-16-41(17-4-1)43-20-13-21-44(36-43)45-22-14-24-49(37-45)61-57-30-11-9-28-53(57)55-39-46(32-34-59(55)61)47-33-35-60-56(40-47)54-29-10-12-31-58(54)62(60)50-25-15-23-48(38-50)52-27-8-7-26-51(52)42-18-5-2-6-19-42/h2*1-40H. The molecule has 0 fully saturated rings. The van der Waals surface area contributed by atoms with E-state index in [4.69, 9.17) is 0 Å². The molecular formula is C120H80N4. The van der Waals surface area contributed by atoms with Crippen LogP contribution in [-0.4, -0.2) is 18.3 Å². The molecule has 24 rings (SSSR count).